The van der Waals surface area contributed by atoms with Gasteiger partial charge in [-0.15, -0.1) is 0 Å². The normalized spacial score (nSPS) is 11.4. The van der Waals surface area contributed by atoms with Crippen molar-refractivity contribution in [3.63, 3.8) is 0 Å². The van der Waals surface area contributed by atoms with Crippen LogP contribution in [0.5, 0.6) is 0 Å². The number of carbonyl (C=O) groups excluding carboxylic acids is 1. The summed E-state index contributed by atoms with van der Waals surface area (Å²) in [4.78, 5) is 16.7. The quantitative estimate of drug-likeness (QED) is 0.411. The van der Waals surface area contributed by atoms with Crippen LogP contribution in [0.25, 0.3) is 22.0 Å². The highest BCUT2D eigenvalue weighted by atomic mass is 16.6. The van der Waals surface area contributed by atoms with E-state index in [9.17, 15) is 10.1 Å². The van der Waals surface area contributed by atoms with Crippen LogP contribution in [-0.4, -0.2) is 29.8 Å². The number of hydrogen-bond donors (Lipinski definition) is 2. The van der Waals surface area contributed by atoms with E-state index in [0.29, 0.717) is 24.6 Å². The molecule has 0 aliphatic carbocycles. The summed E-state index contributed by atoms with van der Waals surface area (Å²) < 4.78 is 5.27. The van der Waals surface area contributed by atoms with E-state index in [1.807, 2.05) is 39.0 Å². The van der Waals surface area contributed by atoms with Gasteiger partial charge in [-0.1, -0.05) is 43.7 Å². The number of benzene rings is 2. The first-order chi connectivity index (χ1) is 16.1. The first kappa shape index (κ1) is 25.0. The number of aromatic nitrogens is 1. The van der Waals surface area contributed by atoms with E-state index in [-0.39, 0.29) is 0 Å². The summed E-state index contributed by atoms with van der Waals surface area (Å²) in [5.41, 5.74) is 5.79. The van der Waals surface area contributed by atoms with Crippen molar-refractivity contribution in [3.8, 4) is 17.2 Å². The zero-order chi connectivity index (χ0) is 24.9. The lowest BCUT2D eigenvalue weighted by Crippen LogP contribution is -2.34. The van der Waals surface area contributed by atoms with E-state index < -0.39 is 11.7 Å². The molecule has 1 amide bonds. The second-order valence-corrected chi connectivity index (χ2v) is 9.97. The van der Waals surface area contributed by atoms with Crippen LogP contribution >= 0.6 is 0 Å². The van der Waals surface area contributed by atoms with Gasteiger partial charge in [-0.05, 0) is 63.8 Å². The molecule has 0 aliphatic rings. The van der Waals surface area contributed by atoms with Gasteiger partial charge in [0.05, 0.1) is 16.8 Å². The van der Waals surface area contributed by atoms with Crippen LogP contribution in [0.1, 0.15) is 51.4 Å². The molecule has 0 spiro atoms. The van der Waals surface area contributed by atoms with Gasteiger partial charge in [0.2, 0.25) is 0 Å². The fourth-order valence-electron chi connectivity index (χ4n) is 3.78. The molecular weight excluding hydrogens is 424 g/mol. The van der Waals surface area contributed by atoms with Crippen molar-refractivity contribution >= 4 is 22.7 Å². The molecule has 0 fully saturated rings. The third kappa shape index (κ3) is 6.48. The number of ether oxygens (including phenoxy) is 1. The number of pyridine rings is 1. The number of alkyl carbamates (subject to hydrolysis) is 1. The van der Waals surface area contributed by atoms with Crippen molar-refractivity contribution in [2.24, 2.45) is 5.92 Å². The van der Waals surface area contributed by atoms with E-state index in [1.54, 1.807) is 0 Å². The molecule has 0 radical (unpaired) electrons. The summed E-state index contributed by atoms with van der Waals surface area (Å²) in [6, 6.07) is 16.7. The summed E-state index contributed by atoms with van der Waals surface area (Å²) in [5.74, 6) is 0.390. The standard InChI is InChI=1S/C28H34N4O2/c1-18(2)15-25-23(17-29)26(20-9-7-19(3)8-10-20)22-16-21(11-12-24(22)32-25)30-13-14-31-27(33)34-28(4,5)6/h7-12,16,18,30H,13-15H2,1-6H3,(H,31,33). The topological polar surface area (TPSA) is 87.0 Å². The van der Waals surface area contributed by atoms with Crippen LogP contribution in [-0.2, 0) is 11.2 Å². The molecule has 3 rings (SSSR count). The summed E-state index contributed by atoms with van der Waals surface area (Å²) >= 11 is 0. The Morgan fingerprint density at radius 2 is 1.82 bits per heavy atom. The zero-order valence-electron chi connectivity index (χ0n) is 21.0. The molecule has 1 aromatic heterocycles. The maximum Gasteiger partial charge on any atom is 0.407 e. The molecule has 6 nitrogen and oxygen atoms in total. The SMILES string of the molecule is Cc1ccc(-c2c(C#N)c(CC(C)C)nc3ccc(NCCNC(=O)OC(C)(C)C)cc23)cc1. The maximum absolute atomic E-state index is 11.8. The third-order valence-electron chi connectivity index (χ3n) is 5.24. The second kappa shape index (κ2) is 10.6. The number of rotatable bonds is 7. The highest BCUT2D eigenvalue weighted by molar-refractivity contribution is 5.99. The maximum atomic E-state index is 11.8. The van der Waals surface area contributed by atoms with Gasteiger partial charge in [0, 0.05) is 29.7 Å². The fraction of sp³-hybridized carbons (Fsp3) is 0.393. The number of carbonyl (C=O) groups is 1. The van der Waals surface area contributed by atoms with Crippen molar-refractivity contribution in [3.05, 3.63) is 59.3 Å². The number of anilines is 1. The van der Waals surface area contributed by atoms with Gasteiger partial charge in [-0.3, -0.25) is 4.98 Å². The zero-order valence-corrected chi connectivity index (χ0v) is 21.0. The number of amides is 1. The molecule has 0 atom stereocenters. The smallest absolute Gasteiger partial charge is 0.407 e. The Bertz CT molecular complexity index is 1200. The fourth-order valence-corrected chi connectivity index (χ4v) is 3.78. The van der Waals surface area contributed by atoms with Crippen molar-refractivity contribution in [1.29, 1.82) is 5.26 Å². The Morgan fingerprint density at radius 1 is 1.12 bits per heavy atom. The first-order valence-electron chi connectivity index (χ1n) is 11.7. The van der Waals surface area contributed by atoms with Crippen LogP contribution in [0.3, 0.4) is 0 Å². The van der Waals surface area contributed by atoms with Crippen molar-refractivity contribution in [1.82, 2.24) is 10.3 Å². The van der Waals surface area contributed by atoms with Crippen molar-refractivity contribution < 1.29 is 9.53 Å². The first-order valence-corrected chi connectivity index (χ1v) is 11.7. The Morgan fingerprint density at radius 3 is 2.44 bits per heavy atom. The number of hydrogen-bond acceptors (Lipinski definition) is 5. The Kier molecular flexibility index (Phi) is 7.78. The minimum absolute atomic E-state index is 0.390. The van der Waals surface area contributed by atoms with E-state index in [2.05, 4.69) is 61.7 Å². The molecule has 0 saturated heterocycles. The van der Waals surface area contributed by atoms with Gasteiger partial charge >= 0.3 is 6.09 Å². The molecule has 0 saturated carbocycles. The molecule has 0 aliphatic heterocycles. The Labute approximate surface area is 202 Å². The average Bonchev–Trinajstić information content (AvgIpc) is 2.75. The van der Waals surface area contributed by atoms with Crippen LogP contribution in [0.4, 0.5) is 10.5 Å². The predicted molar refractivity (Wildman–Crippen MR) is 138 cm³/mol. The number of nitriles is 1. The minimum Gasteiger partial charge on any atom is -0.444 e. The number of nitrogens with zero attached hydrogens (tertiary/aromatic N) is 2. The van der Waals surface area contributed by atoms with Crippen LogP contribution in [0.2, 0.25) is 0 Å². The monoisotopic (exact) mass is 458 g/mol. The summed E-state index contributed by atoms with van der Waals surface area (Å²) in [5, 5.41) is 17.1. The molecular formula is C28H34N4O2. The molecule has 2 N–H and O–H groups in total. The molecule has 178 valence electrons. The summed E-state index contributed by atoms with van der Waals surface area (Å²) in [6.07, 6.45) is 0.309. The minimum atomic E-state index is -0.526. The lowest BCUT2D eigenvalue weighted by Gasteiger charge is -2.19. The highest BCUT2D eigenvalue weighted by Gasteiger charge is 2.18. The molecule has 3 aromatic rings. The molecule has 34 heavy (non-hydrogen) atoms. The number of nitrogens with one attached hydrogen (secondary N) is 2. The van der Waals surface area contributed by atoms with Gasteiger partial charge in [0.15, 0.2) is 0 Å². The highest BCUT2D eigenvalue weighted by Crippen LogP contribution is 2.35. The van der Waals surface area contributed by atoms with E-state index in [4.69, 9.17) is 9.72 Å². The molecule has 6 heteroatoms. The molecule has 1 heterocycles. The Hall–Kier alpha value is -3.59. The number of aryl methyl sites for hydroxylation is 1. The van der Waals surface area contributed by atoms with Crippen molar-refractivity contribution in [2.75, 3.05) is 18.4 Å². The van der Waals surface area contributed by atoms with E-state index in [0.717, 1.165) is 39.8 Å². The van der Waals surface area contributed by atoms with Crippen molar-refractivity contribution in [2.45, 2.75) is 53.6 Å². The molecule has 2 aromatic carbocycles. The van der Waals surface area contributed by atoms with Gasteiger partial charge < -0.3 is 15.4 Å². The predicted octanol–water partition coefficient (Wildman–Crippen LogP) is 6.22. The summed E-state index contributed by atoms with van der Waals surface area (Å²) in [6.45, 7) is 12.8. The Balaban J connectivity index is 1.93. The van der Waals surface area contributed by atoms with Crippen LogP contribution in [0.15, 0.2) is 42.5 Å². The van der Waals surface area contributed by atoms with Crippen LogP contribution in [0, 0.1) is 24.2 Å². The second-order valence-electron chi connectivity index (χ2n) is 9.97. The van der Waals surface area contributed by atoms with Gasteiger partial charge in [0.1, 0.15) is 11.7 Å². The van der Waals surface area contributed by atoms with E-state index in [1.165, 1.54) is 5.56 Å². The van der Waals surface area contributed by atoms with Gasteiger partial charge in [-0.2, -0.15) is 5.26 Å². The number of fused-ring (bicyclic) bond motifs is 1. The van der Waals surface area contributed by atoms with E-state index >= 15 is 0 Å². The average molecular weight is 459 g/mol. The van der Waals surface area contributed by atoms with Gasteiger partial charge in [0.25, 0.3) is 0 Å². The third-order valence-corrected chi connectivity index (χ3v) is 5.24. The van der Waals surface area contributed by atoms with Crippen LogP contribution < -0.4 is 10.6 Å². The summed E-state index contributed by atoms with van der Waals surface area (Å²) in [7, 11) is 0. The lowest BCUT2D eigenvalue weighted by atomic mass is 9.91. The molecule has 0 bridgehead atoms. The van der Waals surface area contributed by atoms with Gasteiger partial charge in [-0.25, -0.2) is 4.79 Å². The largest absolute Gasteiger partial charge is 0.444 e. The lowest BCUT2D eigenvalue weighted by molar-refractivity contribution is 0.0530. The molecule has 0 unspecified atom stereocenters.